The lowest BCUT2D eigenvalue weighted by atomic mass is 10.1. The number of halogens is 2. The smallest absolute Gasteiger partial charge is 0.194 e. The van der Waals surface area contributed by atoms with Crippen LogP contribution in [0.3, 0.4) is 0 Å². The number of benzene rings is 2. The molecule has 0 saturated carbocycles. The van der Waals surface area contributed by atoms with Gasteiger partial charge in [0.25, 0.3) is 0 Å². The highest BCUT2D eigenvalue weighted by molar-refractivity contribution is 14.1. The molecule has 88 valence electrons. The van der Waals surface area contributed by atoms with E-state index in [0.717, 1.165) is 29.6 Å². The largest absolute Gasteiger partial charge is 0.289 e. The van der Waals surface area contributed by atoms with Crippen molar-refractivity contribution >= 4 is 60.1 Å². The molecule has 0 bridgehead atoms. The van der Waals surface area contributed by atoms with Crippen molar-refractivity contribution in [2.75, 3.05) is 0 Å². The van der Waals surface area contributed by atoms with Crippen LogP contribution in [0.1, 0.15) is 0 Å². The maximum Gasteiger partial charge on any atom is 0.194 e. The molecule has 0 aromatic heterocycles. The first-order valence-electron chi connectivity index (χ1n) is 5.47. The van der Waals surface area contributed by atoms with Crippen molar-refractivity contribution < 1.29 is 0 Å². The molecule has 0 fully saturated rings. The van der Waals surface area contributed by atoms with E-state index in [2.05, 4.69) is 38.5 Å². The Morgan fingerprint density at radius 1 is 0.889 bits per heavy atom. The Labute approximate surface area is 126 Å². The minimum Gasteiger partial charge on any atom is -0.289 e. The minimum absolute atomic E-state index is 0.0878. The fraction of sp³-hybridized carbons (Fsp3) is 0. The molecule has 18 heavy (non-hydrogen) atoms. The van der Waals surface area contributed by atoms with Crippen LogP contribution in [0.5, 0.6) is 0 Å². The van der Waals surface area contributed by atoms with Crippen molar-refractivity contribution in [2.24, 2.45) is 0 Å². The van der Waals surface area contributed by atoms with Crippen molar-refractivity contribution in [3.8, 4) is 0 Å². The molecule has 3 aromatic rings. The second kappa shape index (κ2) is 4.63. The lowest BCUT2D eigenvalue weighted by Gasteiger charge is -1.95. The molecule has 0 aliphatic rings. The summed E-state index contributed by atoms with van der Waals surface area (Å²) in [6.07, 6.45) is 0. The number of fused-ring (bicyclic) bond motifs is 2. The monoisotopic (exact) mass is 410 g/mol. The number of hydrogen-bond acceptors (Lipinski definition) is 1. The van der Waals surface area contributed by atoms with Gasteiger partial charge < -0.3 is 0 Å². The number of rotatable bonds is 0. The third-order valence-electron chi connectivity index (χ3n) is 2.99. The van der Waals surface area contributed by atoms with Gasteiger partial charge in [0.15, 0.2) is 5.43 Å². The van der Waals surface area contributed by atoms with E-state index in [-0.39, 0.29) is 5.43 Å². The normalized spacial score (nSPS) is 11.0. The standard InChI is InChI=1S/C15H8BrIO/c16-10-6-4-9-5-7-11-12(2-1-3-14(11)17)15(18)13(9)8-10/h1-8H. The van der Waals surface area contributed by atoms with Crippen molar-refractivity contribution in [2.45, 2.75) is 0 Å². The third-order valence-corrected chi connectivity index (χ3v) is 4.42. The molecule has 0 aliphatic carbocycles. The highest BCUT2D eigenvalue weighted by Crippen LogP contribution is 2.22. The van der Waals surface area contributed by atoms with Gasteiger partial charge in [-0.3, -0.25) is 4.79 Å². The maximum atomic E-state index is 12.6. The van der Waals surface area contributed by atoms with E-state index in [1.54, 1.807) is 0 Å². The summed E-state index contributed by atoms with van der Waals surface area (Å²) in [5.74, 6) is 0. The molecule has 0 amide bonds. The fourth-order valence-corrected chi connectivity index (χ4v) is 3.13. The molecule has 0 atom stereocenters. The molecule has 0 N–H and O–H groups in total. The Kier molecular flexibility index (Phi) is 3.11. The molecule has 0 spiro atoms. The Morgan fingerprint density at radius 3 is 2.50 bits per heavy atom. The summed E-state index contributed by atoms with van der Waals surface area (Å²) in [6.45, 7) is 0. The van der Waals surface area contributed by atoms with E-state index >= 15 is 0 Å². The van der Waals surface area contributed by atoms with Gasteiger partial charge >= 0.3 is 0 Å². The first-order chi connectivity index (χ1) is 8.66. The summed E-state index contributed by atoms with van der Waals surface area (Å²) in [6, 6.07) is 15.7. The van der Waals surface area contributed by atoms with Crippen LogP contribution in [0.4, 0.5) is 0 Å². The lowest BCUT2D eigenvalue weighted by molar-refractivity contribution is 1.70. The SMILES string of the molecule is O=c1c2cc(Br)ccc2ccc2c(I)cccc12. The molecular weight excluding hydrogens is 403 g/mol. The predicted molar refractivity (Wildman–Crippen MR) is 88.1 cm³/mol. The Bertz CT molecular complexity index is 820. The fourth-order valence-electron chi connectivity index (χ4n) is 2.09. The highest BCUT2D eigenvalue weighted by atomic mass is 127. The molecule has 3 rings (SSSR count). The van der Waals surface area contributed by atoms with Crippen LogP contribution in [0.2, 0.25) is 0 Å². The van der Waals surface area contributed by atoms with Gasteiger partial charge in [-0.25, -0.2) is 0 Å². The zero-order chi connectivity index (χ0) is 12.7. The van der Waals surface area contributed by atoms with Gasteiger partial charge in [-0.1, -0.05) is 46.3 Å². The van der Waals surface area contributed by atoms with Gasteiger partial charge in [0.1, 0.15) is 0 Å². The van der Waals surface area contributed by atoms with Crippen LogP contribution in [0.15, 0.2) is 57.8 Å². The zero-order valence-corrected chi connectivity index (χ0v) is 13.0. The van der Waals surface area contributed by atoms with Crippen LogP contribution in [0.25, 0.3) is 21.5 Å². The molecule has 0 saturated heterocycles. The van der Waals surface area contributed by atoms with Crippen LogP contribution < -0.4 is 5.43 Å². The van der Waals surface area contributed by atoms with Crippen LogP contribution in [0, 0.1) is 3.57 Å². The molecule has 0 radical (unpaired) electrons. The zero-order valence-electron chi connectivity index (χ0n) is 9.28. The maximum absolute atomic E-state index is 12.6. The average Bonchev–Trinajstić information content (AvgIpc) is 2.50. The quantitative estimate of drug-likeness (QED) is 0.490. The van der Waals surface area contributed by atoms with E-state index in [1.807, 2.05) is 48.5 Å². The average molecular weight is 411 g/mol. The third kappa shape index (κ3) is 1.95. The van der Waals surface area contributed by atoms with E-state index in [1.165, 1.54) is 0 Å². The summed E-state index contributed by atoms with van der Waals surface area (Å²) in [7, 11) is 0. The molecule has 0 heterocycles. The first-order valence-corrected chi connectivity index (χ1v) is 7.35. The molecule has 1 nitrogen and oxygen atoms in total. The topological polar surface area (TPSA) is 17.1 Å². The van der Waals surface area contributed by atoms with Gasteiger partial charge in [-0.05, 0) is 51.6 Å². The summed E-state index contributed by atoms with van der Waals surface area (Å²) >= 11 is 5.68. The molecule has 3 aromatic carbocycles. The number of hydrogen-bond donors (Lipinski definition) is 0. The summed E-state index contributed by atoms with van der Waals surface area (Å²) in [4.78, 5) is 12.6. The van der Waals surface area contributed by atoms with E-state index in [4.69, 9.17) is 0 Å². The summed E-state index contributed by atoms with van der Waals surface area (Å²) in [5.41, 5.74) is 0.0878. The van der Waals surface area contributed by atoms with E-state index in [0.29, 0.717) is 0 Å². The molecule has 0 unspecified atom stereocenters. The van der Waals surface area contributed by atoms with Crippen molar-refractivity contribution in [3.63, 3.8) is 0 Å². The van der Waals surface area contributed by atoms with Crippen molar-refractivity contribution in [1.29, 1.82) is 0 Å². The van der Waals surface area contributed by atoms with E-state index < -0.39 is 0 Å². The van der Waals surface area contributed by atoms with Gasteiger partial charge in [0.05, 0.1) is 0 Å². The molecule has 3 heteroatoms. The second-order valence-electron chi connectivity index (χ2n) is 4.10. The second-order valence-corrected chi connectivity index (χ2v) is 6.17. The van der Waals surface area contributed by atoms with Crippen molar-refractivity contribution in [3.05, 3.63) is 66.8 Å². The first kappa shape index (κ1) is 12.1. The minimum atomic E-state index is 0.0878. The van der Waals surface area contributed by atoms with Gasteiger partial charge in [-0.15, -0.1) is 0 Å². The Hall–Kier alpha value is -0.940. The summed E-state index contributed by atoms with van der Waals surface area (Å²) < 4.78 is 2.03. The van der Waals surface area contributed by atoms with Crippen molar-refractivity contribution in [1.82, 2.24) is 0 Å². The lowest BCUT2D eigenvalue weighted by Crippen LogP contribution is -1.98. The van der Waals surface area contributed by atoms with E-state index in [9.17, 15) is 4.79 Å². The van der Waals surface area contributed by atoms with Gasteiger partial charge in [0, 0.05) is 18.8 Å². The van der Waals surface area contributed by atoms with Gasteiger partial charge in [0.2, 0.25) is 0 Å². The van der Waals surface area contributed by atoms with Crippen LogP contribution in [-0.4, -0.2) is 0 Å². The summed E-state index contributed by atoms with van der Waals surface area (Å²) in [5, 5.41) is 3.50. The van der Waals surface area contributed by atoms with Crippen LogP contribution >= 0.6 is 38.5 Å². The molecule has 0 aliphatic heterocycles. The van der Waals surface area contributed by atoms with Gasteiger partial charge in [-0.2, -0.15) is 0 Å². The Morgan fingerprint density at radius 2 is 1.67 bits per heavy atom. The Balaban J connectivity index is 2.66. The highest BCUT2D eigenvalue weighted by Gasteiger charge is 2.04. The van der Waals surface area contributed by atoms with Crippen LogP contribution in [-0.2, 0) is 0 Å². The molecular formula is C15H8BrIO. The predicted octanol–water partition coefficient (Wildman–Crippen LogP) is 4.72.